The number of carboxylic acids is 1. The van der Waals surface area contributed by atoms with E-state index in [0.29, 0.717) is 12.8 Å². The number of nitrogens with two attached hydrogens (primary N) is 1. The average Bonchev–Trinajstić information content (AvgIpc) is 2.72. The Bertz CT molecular complexity index is 304. The van der Waals surface area contributed by atoms with Crippen LogP contribution in [0.15, 0.2) is 17.5 Å². The van der Waals surface area contributed by atoms with Crippen molar-refractivity contribution >= 4 is 17.3 Å². The molecule has 0 aliphatic carbocycles. The van der Waals surface area contributed by atoms with E-state index in [1.165, 1.54) is 4.88 Å². The summed E-state index contributed by atoms with van der Waals surface area (Å²) in [4.78, 5) is 12.4. The second-order valence-electron chi connectivity index (χ2n) is 3.72. The first-order valence-corrected chi connectivity index (χ1v) is 5.98. The highest BCUT2D eigenvalue weighted by Crippen LogP contribution is 2.28. The zero-order valence-corrected chi connectivity index (χ0v) is 9.72. The number of carboxylic acid groups (broad SMARTS) is 1. The molecule has 3 nitrogen and oxygen atoms in total. The van der Waals surface area contributed by atoms with Crippen LogP contribution in [0, 0.1) is 5.41 Å². The highest BCUT2D eigenvalue weighted by atomic mass is 32.1. The lowest BCUT2D eigenvalue weighted by Gasteiger charge is -2.25. The van der Waals surface area contributed by atoms with Crippen molar-refractivity contribution in [1.29, 1.82) is 0 Å². The van der Waals surface area contributed by atoms with Crippen LogP contribution in [-0.2, 0) is 11.2 Å². The second-order valence-corrected chi connectivity index (χ2v) is 4.75. The summed E-state index contributed by atoms with van der Waals surface area (Å²) in [5, 5.41) is 11.2. The van der Waals surface area contributed by atoms with E-state index in [1.54, 1.807) is 11.3 Å². The van der Waals surface area contributed by atoms with Crippen molar-refractivity contribution < 1.29 is 9.90 Å². The van der Waals surface area contributed by atoms with Gasteiger partial charge in [0, 0.05) is 11.4 Å². The lowest BCUT2D eigenvalue weighted by molar-refractivity contribution is -0.149. The Morgan fingerprint density at radius 1 is 1.67 bits per heavy atom. The van der Waals surface area contributed by atoms with E-state index in [-0.39, 0.29) is 6.54 Å². The van der Waals surface area contributed by atoms with Crippen molar-refractivity contribution in [2.24, 2.45) is 11.1 Å². The third-order valence-electron chi connectivity index (χ3n) is 2.95. The van der Waals surface area contributed by atoms with Crippen LogP contribution in [0.4, 0.5) is 0 Å². The fraction of sp³-hybridized carbons (Fsp3) is 0.545. The Morgan fingerprint density at radius 2 is 2.40 bits per heavy atom. The van der Waals surface area contributed by atoms with Crippen LogP contribution in [-0.4, -0.2) is 17.6 Å². The van der Waals surface area contributed by atoms with Gasteiger partial charge in [0.25, 0.3) is 0 Å². The molecule has 1 unspecified atom stereocenters. The zero-order valence-electron chi connectivity index (χ0n) is 8.90. The topological polar surface area (TPSA) is 63.3 Å². The third-order valence-corrected chi connectivity index (χ3v) is 3.89. The summed E-state index contributed by atoms with van der Waals surface area (Å²) in [6.07, 6.45) is 2.01. The minimum Gasteiger partial charge on any atom is -0.481 e. The van der Waals surface area contributed by atoms with Crippen molar-refractivity contribution in [3.05, 3.63) is 22.4 Å². The van der Waals surface area contributed by atoms with E-state index in [0.717, 1.165) is 6.42 Å². The molecule has 1 atom stereocenters. The third kappa shape index (κ3) is 2.79. The summed E-state index contributed by atoms with van der Waals surface area (Å²) >= 11 is 1.66. The van der Waals surface area contributed by atoms with Crippen LogP contribution in [0.25, 0.3) is 0 Å². The van der Waals surface area contributed by atoms with E-state index < -0.39 is 11.4 Å². The highest BCUT2D eigenvalue weighted by Gasteiger charge is 2.34. The molecular formula is C11H17NO2S. The summed E-state index contributed by atoms with van der Waals surface area (Å²) in [6.45, 7) is 2.10. The van der Waals surface area contributed by atoms with Crippen LogP contribution < -0.4 is 5.73 Å². The molecule has 1 heterocycles. The van der Waals surface area contributed by atoms with Crippen LogP contribution in [0.5, 0.6) is 0 Å². The SMILES string of the molecule is CCC(CN)(CCc1cccs1)C(=O)O. The molecule has 4 heteroatoms. The van der Waals surface area contributed by atoms with Crippen molar-refractivity contribution in [3.8, 4) is 0 Å². The van der Waals surface area contributed by atoms with Gasteiger partial charge in [-0.1, -0.05) is 13.0 Å². The average molecular weight is 227 g/mol. The van der Waals surface area contributed by atoms with Gasteiger partial charge in [-0.25, -0.2) is 0 Å². The molecule has 0 amide bonds. The normalized spacial score (nSPS) is 14.8. The molecule has 15 heavy (non-hydrogen) atoms. The minimum absolute atomic E-state index is 0.213. The van der Waals surface area contributed by atoms with Gasteiger partial charge in [-0.05, 0) is 30.7 Å². The van der Waals surface area contributed by atoms with Crippen LogP contribution in [0.3, 0.4) is 0 Å². The summed E-state index contributed by atoms with van der Waals surface area (Å²) in [6, 6.07) is 4.01. The molecule has 84 valence electrons. The lowest BCUT2D eigenvalue weighted by atomic mass is 9.80. The minimum atomic E-state index is -0.774. The Labute approximate surface area is 93.9 Å². The molecular weight excluding hydrogens is 210 g/mol. The van der Waals surface area contributed by atoms with Crippen molar-refractivity contribution in [1.82, 2.24) is 0 Å². The number of aryl methyl sites for hydroxylation is 1. The lowest BCUT2D eigenvalue weighted by Crippen LogP contribution is -2.38. The molecule has 0 aliphatic heterocycles. The Kier molecular flexibility index (Phi) is 4.29. The quantitative estimate of drug-likeness (QED) is 0.782. The van der Waals surface area contributed by atoms with Crippen molar-refractivity contribution in [2.45, 2.75) is 26.2 Å². The summed E-state index contributed by atoms with van der Waals surface area (Å²) in [5.41, 5.74) is 4.84. The number of aliphatic carboxylic acids is 1. The van der Waals surface area contributed by atoms with Gasteiger partial charge in [-0.15, -0.1) is 11.3 Å². The molecule has 0 fully saturated rings. The molecule has 0 saturated carbocycles. The monoisotopic (exact) mass is 227 g/mol. The van der Waals surface area contributed by atoms with E-state index in [2.05, 4.69) is 0 Å². The van der Waals surface area contributed by atoms with Gasteiger partial charge >= 0.3 is 5.97 Å². The molecule has 0 radical (unpaired) electrons. The van der Waals surface area contributed by atoms with Gasteiger partial charge in [0.15, 0.2) is 0 Å². The molecule has 0 aromatic carbocycles. The first kappa shape index (κ1) is 12.2. The molecule has 0 aliphatic rings. The Morgan fingerprint density at radius 3 is 2.80 bits per heavy atom. The Balaban J connectivity index is 2.63. The van der Waals surface area contributed by atoms with Crippen LogP contribution in [0.2, 0.25) is 0 Å². The standard InChI is InChI=1S/C11H17NO2S/c1-2-11(8-12,10(13)14)6-5-9-4-3-7-15-9/h3-4,7H,2,5-6,8,12H2,1H3,(H,13,14). The zero-order chi connectivity index (χ0) is 11.3. The van der Waals surface area contributed by atoms with E-state index in [9.17, 15) is 9.90 Å². The molecule has 1 rings (SSSR count). The first-order valence-electron chi connectivity index (χ1n) is 5.10. The van der Waals surface area contributed by atoms with Gasteiger partial charge < -0.3 is 10.8 Å². The van der Waals surface area contributed by atoms with E-state index in [1.807, 2.05) is 24.4 Å². The number of hydrogen-bond donors (Lipinski definition) is 2. The molecule has 1 aromatic heterocycles. The largest absolute Gasteiger partial charge is 0.481 e. The number of carbonyl (C=O) groups is 1. The predicted octanol–water partition coefficient (Wildman–Crippen LogP) is 2.12. The van der Waals surface area contributed by atoms with Gasteiger partial charge in [-0.2, -0.15) is 0 Å². The molecule has 0 saturated heterocycles. The first-order chi connectivity index (χ1) is 7.14. The number of thiophene rings is 1. The molecule has 0 bridgehead atoms. The van der Waals surface area contributed by atoms with E-state index in [4.69, 9.17) is 5.73 Å². The maximum atomic E-state index is 11.2. The number of hydrogen-bond acceptors (Lipinski definition) is 3. The van der Waals surface area contributed by atoms with Gasteiger partial charge in [0.05, 0.1) is 5.41 Å². The molecule has 1 aromatic rings. The molecule has 0 spiro atoms. The van der Waals surface area contributed by atoms with Gasteiger partial charge in [-0.3, -0.25) is 4.79 Å². The fourth-order valence-electron chi connectivity index (χ4n) is 1.59. The summed E-state index contributed by atoms with van der Waals surface area (Å²) in [5.74, 6) is -0.774. The maximum Gasteiger partial charge on any atom is 0.310 e. The smallest absolute Gasteiger partial charge is 0.310 e. The van der Waals surface area contributed by atoms with Crippen molar-refractivity contribution in [3.63, 3.8) is 0 Å². The maximum absolute atomic E-state index is 11.2. The van der Waals surface area contributed by atoms with Crippen LogP contribution in [0.1, 0.15) is 24.6 Å². The number of rotatable bonds is 6. The van der Waals surface area contributed by atoms with Crippen molar-refractivity contribution in [2.75, 3.05) is 6.54 Å². The van der Waals surface area contributed by atoms with Crippen LogP contribution >= 0.6 is 11.3 Å². The van der Waals surface area contributed by atoms with E-state index >= 15 is 0 Å². The predicted molar refractivity (Wildman–Crippen MR) is 62.1 cm³/mol. The Hall–Kier alpha value is -0.870. The second kappa shape index (κ2) is 5.28. The molecule has 3 N–H and O–H groups in total. The summed E-state index contributed by atoms with van der Waals surface area (Å²) < 4.78 is 0. The summed E-state index contributed by atoms with van der Waals surface area (Å²) in [7, 11) is 0. The highest BCUT2D eigenvalue weighted by molar-refractivity contribution is 7.09. The fourth-order valence-corrected chi connectivity index (χ4v) is 2.29. The van der Waals surface area contributed by atoms with Gasteiger partial charge in [0.2, 0.25) is 0 Å². The van der Waals surface area contributed by atoms with Gasteiger partial charge in [0.1, 0.15) is 0 Å².